The molecule has 1 heterocycles. The molecule has 1 aliphatic heterocycles. The second kappa shape index (κ2) is 5.18. The van der Waals surface area contributed by atoms with E-state index in [1.54, 1.807) is 7.11 Å². The van der Waals surface area contributed by atoms with Gasteiger partial charge in [0.15, 0.2) is 0 Å². The third-order valence-electron chi connectivity index (χ3n) is 2.68. The number of methoxy groups -OCH3 is 1. The summed E-state index contributed by atoms with van der Waals surface area (Å²) in [5.41, 5.74) is 5.96. The lowest BCUT2D eigenvalue weighted by Crippen LogP contribution is -2.46. The zero-order chi connectivity index (χ0) is 11.4. The Labute approximate surface area is 95.3 Å². The molecule has 1 aliphatic rings. The summed E-state index contributed by atoms with van der Waals surface area (Å²) in [4.78, 5) is 0. The van der Waals surface area contributed by atoms with Crippen LogP contribution in [0.25, 0.3) is 0 Å². The van der Waals surface area contributed by atoms with Gasteiger partial charge in [-0.2, -0.15) is 0 Å². The Balaban J connectivity index is 2.01. The van der Waals surface area contributed by atoms with Gasteiger partial charge < -0.3 is 19.9 Å². The van der Waals surface area contributed by atoms with Crippen molar-refractivity contribution in [1.82, 2.24) is 0 Å². The van der Waals surface area contributed by atoms with E-state index in [-0.39, 0.29) is 12.1 Å². The fraction of sp³-hybridized carbons (Fsp3) is 0.500. The molecular formula is C12H17NO3. The van der Waals surface area contributed by atoms with Crippen LogP contribution >= 0.6 is 0 Å². The van der Waals surface area contributed by atoms with Crippen molar-refractivity contribution in [2.45, 2.75) is 18.6 Å². The van der Waals surface area contributed by atoms with Crippen LogP contribution in [0, 0.1) is 0 Å². The summed E-state index contributed by atoms with van der Waals surface area (Å²) in [6.07, 6.45) is 0.773. The van der Waals surface area contributed by atoms with Crippen LogP contribution in [0.2, 0.25) is 0 Å². The third kappa shape index (κ3) is 2.65. The highest BCUT2D eigenvalue weighted by atomic mass is 16.5. The quantitative estimate of drug-likeness (QED) is 0.836. The van der Waals surface area contributed by atoms with Crippen molar-refractivity contribution in [3.63, 3.8) is 0 Å². The van der Waals surface area contributed by atoms with Crippen LogP contribution in [0.15, 0.2) is 24.3 Å². The summed E-state index contributed by atoms with van der Waals surface area (Å²) in [6.45, 7) is 1.28. The molecule has 0 aliphatic carbocycles. The Morgan fingerprint density at radius 1 is 1.38 bits per heavy atom. The average molecular weight is 223 g/mol. The lowest BCUT2D eigenvalue weighted by Gasteiger charge is -2.29. The fourth-order valence-electron chi connectivity index (χ4n) is 1.70. The second-order valence-electron chi connectivity index (χ2n) is 3.86. The fourth-order valence-corrected chi connectivity index (χ4v) is 1.70. The van der Waals surface area contributed by atoms with Gasteiger partial charge in [-0.15, -0.1) is 0 Å². The monoisotopic (exact) mass is 223 g/mol. The Kier molecular flexibility index (Phi) is 3.64. The maximum atomic E-state index is 5.96. The van der Waals surface area contributed by atoms with Crippen LogP contribution < -0.4 is 15.2 Å². The van der Waals surface area contributed by atoms with Crippen LogP contribution in [-0.4, -0.2) is 32.5 Å². The van der Waals surface area contributed by atoms with Gasteiger partial charge in [-0.25, -0.2) is 0 Å². The molecule has 4 nitrogen and oxygen atoms in total. The van der Waals surface area contributed by atoms with E-state index in [0.29, 0.717) is 6.61 Å². The molecular weight excluding hydrogens is 206 g/mol. The van der Waals surface area contributed by atoms with Crippen molar-refractivity contribution >= 4 is 0 Å². The van der Waals surface area contributed by atoms with Gasteiger partial charge >= 0.3 is 0 Å². The summed E-state index contributed by atoms with van der Waals surface area (Å²) < 4.78 is 16.3. The molecule has 1 aromatic carbocycles. The molecule has 16 heavy (non-hydrogen) atoms. The van der Waals surface area contributed by atoms with E-state index < -0.39 is 0 Å². The van der Waals surface area contributed by atoms with Gasteiger partial charge in [0, 0.05) is 18.7 Å². The molecule has 88 valence electrons. The third-order valence-corrected chi connectivity index (χ3v) is 2.68. The van der Waals surface area contributed by atoms with Gasteiger partial charge in [0.2, 0.25) is 0 Å². The van der Waals surface area contributed by atoms with Crippen molar-refractivity contribution < 1.29 is 14.2 Å². The van der Waals surface area contributed by atoms with Crippen LogP contribution in [-0.2, 0) is 4.74 Å². The van der Waals surface area contributed by atoms with E-state index in [1.165, 1.54) is 0 Å². The zero-order valence-corrected chi connectivity index (χ0v) is 9.39. The second-order valence-corrected chi connectivity index (χ2v) is 3.86. The first kappa shape index (κ1) is 11.2. The van der Waals surface area contributed by atoms with E-state index in [0.717, 1.165) is 24.5 Å². The Morgan fingerprint density at radius 3 is 2.94 bits per heavy atom. The smallest absolute Gasteiger partial charge is 0.137 e. The maximum Gasteiger partial charge on any atom is 0.137 e. The molecule has 2 atom stereocenters. The number of nitrogens with two attached hydrogens (primary N) is 1. The van der Waals surface area contributed by atoms with Gasteiger partial charge in [-0.3, -0.25) is 0 Å². The summed E-state index contributed by atoms with van der Waals surface area (Å²) in [6, 6.07) is 7.55. The first-order valence-electron chi connectivity index (χ1n) is 5.43. The lowest BCUT2D eigenvalue weighted by atomic mass is 10.1. The molecule has 0 bridgehead atoms. The predicted octanol–water partition coefficient (Wildman–Crippen LogP) is 1.19. The van der Waals surface area contributed by atoms with Crippen molar-refractivity contribution in [2.75, 3.05) is 20.3 Å². The molecule has 2 rings (SSSR count). The topological polar surface area (TPSA) is 53.7 Å². The van der Waals surface area contributed by atoms with Crippen molar-refractivity contribution in [3.8, 4) is 11.5 Å². The molecule has 0 spiro atoms. The average Bonchev–Trinajstić information content (AvgIpc) is 2.32. The zero-order valence-electron chi connectivity index (χ0n) is 9.39. The van der Waals surface area contributed by atoms with E-state index >= 15 is 0 Å². The van der Waals surface area contributed by atoms with Crippen molar-refractivity contribution in [2.24, 2.45) is 5.73 Å². The highest BCUT2D eigenvalue weighted by Crippen LogP contribution is 2.21. The van der Waals surface area contributed by atoms with E-state index in [1.807, 2.05) is 24.3 Å². The molecule has 0 saturated carbocycles. The highest BCUT2D eigenvalue weighted by Gasteiger charge is 2.24. The van der Waals surface area contributed by atoms with Gasteiger partial charge in [-0.1, -0.05) is 6.07 Å². The van der Waals surface area contributed by atoms with E-state index in [4.69, 9.17) is 19.9 Å². The Morgan fingerprint density at radius 2 is 2.19 bits per heavy atom. The molecule has 2 N–H and O–H groups in total. The minimum Gasteiger partial charge on any atom is -0.497 e. The number of ether oxygens (including phenoxy) is 3. The summed E-state index contributed by atoms with van der Waals surface area (Å²) in [5, 5.41) is 0. The number of hydrogen-bond acceptors (Lipinski definition) is 4. The molecule has 1 aromatic rings. The van der Waals surface area contributed by atoms with Crippen LogP contribution in [0.5, 0.6) is 11.5 Å². The molecule has 1 fully saturated rings. The lowest BCUT2D eigenvalue weighted by molar-refractivity contribution is -0.00538. The largest absolute Gasteiger partial charge is 0.497 e. The van der Waals surface area contributed by atoms with E-state index in [9.17, 15) is 0 Å². The maximum absolute atomic E-state index is 5.96. The van der Waals surface area contributed by atoms with Crippen LogP contribution in [0.1, 0.15) is 6.42 Å². The number of rotatable bonds is 3. The number of hydrogen-bond donors (Lipinski definition) is 1. The SMILES string of the molecule is COc1cccc(OC2COCCC2N)c1. The summed E-state index contributed by atoms with van der Waals surface area (Å²) in [7, 11) is 1.63. The highest BCUT2D eigenvalue weighted by molar-refractivity contribution is 5.33. The summed E-state index contributed by atoms with van der Waals surface area (Å²) >= 11 is 0. The standard InChI is InChI=1S/C12H17NO3/c1-14-9-3-2-4-10(7-9)16-12-8-15-6-5-11(12)13/h2-4,7,11-12H,5-6,8,13H2,1H3. The molecule has 0 radical (unpaired) electrons. The first-order valence-corrected chi connectivity index (χ1v) is 5.43. The van der Waals surface area contributed by atoms with Crippen molar-refractivity contribution in [1.29, 1.82) is 0 Å². The normalized spacial score (nSPS) is 25.1. The van der Waals surface area contributed by atoms with Gasteiger partial charge in [0.1, 0.15) is 17.6 Å². The minimum absolute atomic E-state index is 0.0416. The van der Waals surface area contributed by atoms with Crippen molar-refractivity contribution in [3.05, 3.63) is 24.3 Å². The molecule has 2 unspecified atom stereocenters. The Bertz CT molecular complexity index is 343. The van der Waals surface area contributed by atoms with Gasteiger partial charge in [0.25, 0.3) is 0 Å². The van der Waals surface area contributed by atoms with Gasteiger partial charge in [0.05, 0.1) is 13.7 Å². The summed E-state index contributed by atoms with van der Waals surface area (Å²) in [5.74, 6) is 1.55. The van der Waals surface area contributed by atoms with Crippen LogP contribution in [0.3, 0.4) is 0 Å². The minimum atomic E-state index is -0.0687. The first-order chi connectivity index (χ1) is 7.79. The molecule has 0 aromatic heterocycles. The van der Waals surface area contributed by atoms with Crippen LogP contribution in [0.4, 0.5) is 0 Å². The Hall–Kier alpha value is -1.26. The molecule has 4 heteroatoms. The molecule has 0 amide bonds. The van der Waals surface area contributed by atoms with Gasteiger partial charge in [-0.05, 0) is 18.6 Å². The number of benzene rings is 1. The predicted molar refractivity (Wildman–Crippen MR) is 60.8 cm³/mol. The van der Waals surface area contributed by atoms with E-state index in [2.05, 4.69) is 0 Å². The molecule has 1 saturated heterocycles.